The third kappa shape index (κ3) is 5.09. The van der Waals surface area contributed by atoms with Crippen molar-refractivity contribution in [2.45, 2.75) is 53.5 Å². The molecule has 0 saturated heterocycles. The molecule has 0 amide bonds. The first-order chi connectivity index (χ1) is 8.50. The van der Waals surface area contributed by atoms with Crippen LogP contribution < -0.4 is 10.1 Å². The maximum Gasteiger partial charge on any atom is 0.125 e. The van der Waals surface area contributed by atoms with E-state index in [1.807, 2.05) is 0 Å². The second-order valence-electron chi connectivity index (χ2n) is 5.39. The lowest BCUT2D eigenvalue weighted by Crippen LogP contribution is -2.23. The summed E-state index contributed by atoms with van der Waals surface area (Å²) in [5.74, 6) is 1.07. The molecule has 0 aliphatic carbocycles. The van der Waals surface area contributed by atoms with Crippen LogP contribution in [-0.4, -0.2) is 19.2 Å². The average Bonchev–Trinajstić information content (AvgIpc) is 2.25. The quantitative estimate of drug-likeness (QED) is 0.743. The van der Waals surface area contributed by atoms with Crippen molar-refractivity contribution in [1.82, 2.24) is 5.32 Å². The van der Waals surface area contributed by atoms with Crippen molar-refractivity contribution in [3.05, 3.63) is 28.8 Å². The van der Waals surface area contributed by atoms with Gasteiger partial charge in [-0.3, -0.25) is 0 Å². The number of hydrogen-bond acceptors (Lipinski definition) is 2. The normalized spacial score (nSPS) is 11.0. The van der Waals surface area contributed by atoms with E-state index in [9.17, 15) is 0 Å². The Hall–Kier alpha value is -1.02. The fourth-order valence-corrected chi connectivity index (χ4v) is 2.19. The third-order valence-corrected chi connectivity index (χ3v) is 2.97. The summed E-state index contributed by atoms with van der Waals surface area (Å²) in [6.07, 6.45) is 2.27. The molecule has 18 heavy (non-hydrogen) atoms. The van der Waals surface area contributed by atoms with Crippen molar-refractivity contribution in [3.63, 3.8) is 0 Å². The van der Waals surface area contributed by atoms with Crippen molar-refractivity contribution in [2.24, 2.45) is 0 Å². The van der Waals surface area contributed by atoms with Crippen LogP contribution in [0.5, 0.6) is 5.75 Å². The lowest BCUT2D eigenvalue weighted by Gasteiger charge is -2.13. The molecule has 1 aromatic rings. The maximum absolute atomic E-state index is 5.90. The second kappa shape index (κ2) is 7.42. The molecule has 0 saturated carbocycles. The van der Waals surface area contributed by atoms with Crippen LogP contribution in [0.3, 0.4) is 0 Å². The number of aryl methyl sites for hydroxylation is 3. The molecule has 0 spiro atoms. The standard InChI is InChI=1S/C16H27NO/c1-12(2)17-8-6-7-9-18-16-14(4)10-13(3)11-15(16)5/h10-12,17H,6-9H2,1-5H3. The molecule has 0 fully saturated rings. The summed E-state index contributed by atoms with van der Waals surface area (Å²) in [5.41, 5.74) is 3.79. The van der Waals surface area contributed by atoms with E-state index in [1.54, 1.807) is 0 Å². The van der Waals surface area contributed by atoms with Gasteiger partial charge in [-0.15, -0.1) is 0 Å². The predicted molar refractivity (Wildman–Crippen MR) is 78.5 cm³/mol. The van der Waals surface area contributed by atoms with Gasteiger partial charge in [-0.1, -0.05) is 31.5 Å². The van der Waals surface area contributed by atoms with Gasteiger partial charge in [-0.05, 0) is 51.3 Å². The van der Waals surface area contributed by atoms with Crippen LogP contribution in [0.2, 0.25) is 0 Å². The van der Waals surface area contributed by atoms with Gasteiger partial charge >= 0.3 is 0 Å². The zero-order valence-electron chi connectivity index (χ0n) is 12.5. The van der Waals surface area contributed by atoms with E-state index in [1.165, 1.54) is 23.1 Å². The molecule has 0 aliphatic heterocycles. The van der Waals surface area contributed by atoms with Crippen molar-refractivity contribution < 1.29 is 4.74 Å². The third-order valence-electron chi connectivity index (χ3n) is 2.97. The van der Waals surface area contributed by atoms with E-state index in [0.717, 1.165) is 25.3 Å². The van der Waals surface area contributed by atoms with Crippen LogP contribution in [0.25, 0.3) is 0 Å². The van der Waals surface area contributed by atoms with Crippen LogP contribution >= 0.6 is 0 Å². The minimum absolute atomic E-state index is 0.576. The number of ether oxygens (including phenoxy) is 1. The monoisotopic (exact) mass is 249 g/mol. The average molecular weight is 249 g/mol. The summed E-state index contributed by atoms with van der Waals surface area (Å²) >= 11 is 0. The summed E-state index contributed by atoms with van der Waals surface area (Å²) in [4.78, 5) is 0. The van der Waals surface area contributed by atoms with Crippen molar-refractivity contribution in [3.8, 4) is 5.75 Å². The van der Waals surface area contributed by atoms with Crippen LogP contribution in [0, 0.1) is 20.8 Å². The van der Waals surface area contributed by atoms with E-state index < -0.39 is 0 Å². The summed E-state index contributed by atoms with van der Waals surface area (Å²) in [5, 5.41) is 3.42. The molecule has 0 atom stereocenters. The first-order valence-electron chi connectivity index (χ1n) is 6.94. The topological polar surface area (TPSA) is 21.3 Å². The molecule has 0 heterocycles. The molecular formula is C16H27NO. The maximum atomic E-state index is 5.90. The highest BCUT2D eigenvalue weighted by atomic mass is 16.5. The molecule has 0 radical (unpaired) electrons. The highest BCUT2D eigenvalue weighted by Crippen LogP contribution is 2.24. The van der Waals surface area contributed by atoms with Crippen molar-refractivity contribution in [1.29, 1.82) is 0 Å². The Morgan fingerprint density at radius 1 is 1.06 bits per heavy atom. The van der Waals surface area contributed by atoms with Crippen LogP contribution in [-0.2, 0) is 0 Å². The fraction of sp³-hybridized carbons (Fsp3) is 0.625. The zero-order chi connectivity index (χ0) is 13.5. The summed E-state index contributed by atoms with van der Waals surface area (Å²) < 4.78 is 5.90. The predicted octanol–water partition coefficient (Wildman–Crippen LogP) is 3.77. The van der Waals surface area contributed by atoms with Gasteiger partial charge in [0.1, 0.15) is 5.75 Å². The van der Waals surface area contributed by atoms with Gasteiger partial charge < -0.3 is 10.1 Å². The number of unbranched alkanes of at least 4 members (excludes halogenated alkanes) is 1. The van der Waals surface area contributed by atoms with Gasteiger partial charge in [0.2, 0.25) is 0 Å². The highest BCUT2D eigenvalue weighted by molar-refractivity contribution is 5.42. The van der Waals surface area contributed by atoms with Gasteiger partial charge in [0.25, 0.3) is 0 Å². The molecule has 1 N–H and O–H groups in total. The largest absolute Gasteiger partial charge is 0.493 e. The molecule has 102 valence electrons. The highest BCUT2D eigenvalue weighted by Gasteiger charge is 2.04. The van der Waals surface area contributed by atoms with Gasteiger partial charge in [0.15, 0.2) is 0 Å². The lowest BCUT2D eigenvalue weighted by atomic mass is 10.1. The zero-order valence-corrected chi connectivity index (χ0v) is 12.5. The van der Waals surface area contributed by atoms with Gasteiger partial charge in [-0.2, -0.15) is 0 Å². The van der Waals surface area contributed by atoms with Crippen LogP contribution in [0.15, 0.2) is 12.1 Å². The molecular weight excluding hydrogens is 222 g/mol. The van der Waals surface area contributed by atoms with Crippen molar-refractivity contribution in [2.75, 3.05) is 13.2 Å². The number of benzene rings is 1. The Balaban J connectivity index is 2.31. The first-order valence-corrected chi connectivity index (χ1v) is 6.94. The van der Waals surface area contributed by atoms with E-state index in [-0.39, 0.29) is 0 Å². The molecule has 0 bridgehead atoms. The van der Waals surface area contributed by atoms with Gasteiger partial charge in [0, 0.05) is 6.04 Å². The summed E-state index contributed by atoms with van der Waals surface area (Å²) in [6.45, 7) is 12.6. The Morgan fingerprint density at radius 2 is 1.67 bits per heavy atom. The minimum atomic E-state index is 0.576. The van der Waals surface area contributed by atoms with E-state index >= 15 is 0 Å². The molecule has 1 aromatic carbocycles. The summed E-state index contributed by atoms with van der Waals surface area (Å²) in [7, 11) is 0. The second-order valence-corrected chi connectivity index (χ2v) is 5.39. The molecule has 0 aromatic heterocycles. The van der Waals surface area contributed by atoms with Crippen LogP contribution in [0.1, 0.15) is 43.4 Å². The Kier molecular flexibility index (Phi) is 6.20. The smallest absolute Gasteiger partial charge is 0.125 e. The lowest BCUT2D eigenvalue weighted by molar-refractivity contribution is 0.301. The SMILES string of the molecule is Cc1cc(C)c(OCCCCNC(C)C)c(C)c1. The van der Waals surface area contributed by atoms with E-state index in [0.29, 0.717) is 6.04 Å². The molecule has 0 unspecified atom stereocenters. The van der Waals surface area contributed by atoms with E-state index in [2.05, 4.69) is 52.1 Å². The first kappa shape index (κ1) is 15.0. The van der Waals surface area contributed by atoms with Crippen LogP contribution in [0.4, 0.5) is 0 Å². The van der Waals surface area contributed by atoms with Crippen molar-refractivity contribution >= 4 is 0 Å². The Bertz CT molecular complexity index is 348. The Labute approximate surface area is 112 Å². The van der Waals surface area contributed by atoms with E-state index in [4.69, 9.17) is 4.74 Å². The molecule has 2 heteroatoms. The molecule has 2 nitrogen and oxygen atoms in total. The number of nitrogens with one attached hydrogen (secondary N) is 1. The Morgan fingerprint density at radius 3 is 2.22 bits per heavy atom. The molecule has 1 rings (SSSR count). The summed E-state index contributed by atoms with van der Waals surface area (Å²) in [6, 6.07) is 4.94. The fourth-order valence-electron chi connectivity index (χ4n) is 2.19. The number of rotatable bonds is 7. The minimum Gasteiger partial charge on any atom is -0.493 e. The van der Waals surface area contributed by atoms with Gasteiger partial charge in [-0.25, -0.2) is 0 Å². The number of hydrogen-bond donors (Lipinski definition) is 1. The molecule has 0 aliphatic rings. The van der Waals surface area contributed by atoms with Gasteiger partial charge in [0.05, 0.1) is 6.61 Å².